The lowest BCUT2D eigenvalue weighted by molar-refractivity contribution is -0.139. The van der Waals surface area contributed by atoms with Crippen LogP contribution in [-0.4, -0.2) is 22.3 Å². The van der Waals surface area contributed by atoms with E-state index in [4.69, 9.17) is 0 Å². The zero-order chi connectivity index (χ0) is 24.5. The van der Waals surface area contributed by atoms with Crippen LogP contribution in [0, 0.1) is 5.92 Å². The molecule has 1 heterocycles. The van der Waals surface area contributed by atoms with E-state index in [2.05, 4.69) is 41.8 Å². The quantitative estimate of drug-likeness (QED) is 0.474. The Hall–Kier alpha value is -4.18. The molecule has 7 rings (SSSR count). The molecule has 4 nitrogen and oxygen atoms in total. The zero-order valence-corrected chi connectivity index (χ0v) is 20.0. The van der Waals surface area contributed by atoms with E-state index < -0.39 is 11.6 Å². The van der Waals surface area contributed by atoms with Gasteiger partial charge in [-0.05, 0) is 34.6 Å². The number of benzene rings is 3. The van der Waals surface area contributed by atoms with Gasteiger partial charge in [-0.3, -0.25) is 9.59 Å². The van der Waals surface area contributed by atoms with E-state index in [0.29, 0.717) is 18.9 Å². The molecule has 36 heavy (non-hydrogen) atoms. The van der Waals surface area contributed by atoms with Gasteiger partial charge >= 0.3 is 0 Å². The molecule has 0 saturated carbocycles. The highest BCUT2D eigenvalue weighted by molar-refractivity contribution is 6.03. The Labute approximate surface area is 211 Å². The highest BCUT2D eigenvalue weighted by atomic mass is 16.2. The molecule has 2 amide bonds. The number of nitrogens with one attached hydrogen (secondary N) is 1. The number of hydrogen-bond donors (Lipinski definition) is 1. The van der Waals surface area contributed by atoms with E-state index in [1.54, 1.807) is 0 Å². The fourth-order valence-electron chi connectivity index (χ4n) is 5.76. The molecule has 0 aromatic heterocycles. The van der Waals surface area contributed by atoms with E-state index in [1.165, 1.54) is 0 Å². The van der Waals surface area contributed by atoms with Crippen molar-refractivity contribution in [3.8, 4) is 0 Å². The highest BCUT2D eigenvalue weighted by Crippen LogP contribution is 2.52. The van der Waals surface area contributed by atoms with Gasteiger partial charge in [0.15, 0.2) is 0 Å². The molecule has 1 aliphatic heterocycles. The molecule has 178 valence electrons. The normalized spacial score (nSPS) is 22.6. The second-order valence-corrected chi connectivity index (χ2v) is 9.72. The van der Waals surface area contributed by atoms with Crippen molar-refractivity contribution >= 4 is 11.8 Å². The number of hydrogen-bond acceptors (Lipinski definition) is 2. The summed E-state index contributed by atoms with van der Waals surface area (Å²) in [6.07, 6.45) is 10.00. The van der Waals surface area contributed by atoms with Gasteiger partial charge in [-0.1, -0.05) is 115 Å². The molecule has 0 saturated heterocycles. The van der Waals surface area contributed by atoms with Crippen LogP contribution in [-0.2, 0) is 22.6 Å². The standard InChI is InChI=1S/C32H28N2O2/c35-30(33-22-25-12-6-2-7-13-25)29(26-14-8-3-9-15-26)34-31(36)27(20-23-10-4-1-5-11-23)28-21-24-16-18-32(28,34)19-17-24/h1-19,24,29H,20-22H2,(H,33,35). The Morgan fingerprint density at radius 1 is 0.861 bits per heavy atom. The Morgan fingerprint density at radius 3 is 2.08 bits per heavy atom. The summed E-state index contributed by atoms with van der Waals surface area (Å²) in [4.78, 5) is 30.0. The zero-order valence-electron chi connectivity index (χ0n) is 20.0. The van der Waals surface area contributed by atoms with Crippen molar-refractivity contribution in [3.05, 3.63) is 143 Å². The first kappa shape index (κ1) is 22.3. The Morgan fingerprint density at radius 2 is 1.44 bits per heavy atom. The van der Waals surface area contributed by atoms with Crippen LogP contribution in [0.3, 0.4) is 0 Å². The molecule has 4 aliphatic rings. The lowest BCUT2D eigenvalue weighted by Crippen LogP contribution is -2.53. The van der Waals surface area contributed by atoms with Crippen LogP contribution in [0.25, 0.3) is 0 Å². The summed E-state index contributed by atoms with van der Waals surface area (Å²) in [5.74, 6) is 0.0551. The van der Waals surface area contributed by atoms with E-state index in [-0.39, 0.29) is 11.8 Å². The van der Waals surface area contributed by atoms with Crippen LogP contribution in [0.2, 0.25) is 0 Å². The minimum Gasteiger partial charge on any atom is -0.350 e. The SMILES string of the molecule is O=C(NCc1ccccc1)C(c1ccccc1)N1C(=O)C(Cc2ccccc2)=C2CC3C=CC21C=C3. The molecule has 1 spiro atoms. The largest absolute Gasteiger partial charge is 0.350 e. The maximum absolute atomic E-state index is 14.3. The second kappa shape index (κ2) is 9.12. The summed E-state index contributed by atoms with van der Waals surface area (Å²) in [6, 6.07) is 28.9. The number of amides is 2. The number of carbonyl (C=O) groups is 2. The maximum atomic E-state index is 14.3. The third-order valence-electron chi connectivity index (χ3n) is 7.51. The summed E-state index contributed by atoms with van der Waals surface area (Å²) < 4.78 is 0. The molecule has 0 radical (unpaired) electrons. The summed E-state index contributed by atoms with van der Waals surface area (Å²) in [7, 11) is 0. The van der Waals surface area contributed by atoms with Crippen LogP contribution in [0.15, 0.2) is 126 Å². The lowest BCUT2D eigenvalue weighted by Gasteiger charge is -2.45. The predicted octanol–water partition coefficient (Wildman–Crippen LogP) is 5.31. The molecule has 1 atom stereocenters. The Balaban J connectivity index is 1.41. The van der Waals surface area contributed by atoms with Gasteiger partial charge in [0.2, 0.25) is 5.91 Å². The van der Waals surface area contributed by atoms with Crippen molar-refractivity contribution in [3.63, 3.8) is 0 Å². The number of rotatable bonds is 7. The first-order valence-corrected chi connectivity index (χ1v) is 12.5. The van der Waals surface area contributed by atoms with E-state index in [1.807, 2.05) is 83.8 Å². The van der Waals surface area contributed by atoms with Gasteiger partial charge in [0.05, 0.1) is 0 Å². The molecule has 3 aromatic carbocycles. The van der Waals surface area contributed by atoms with Crippen LogP contribution in [0.4, 0.5) is 0 Å². The molecule has 1 unspecified atom stereocenters. The molecular formula is C32H28N2O2. The van der Waals surface area contributed by atoms with Gasteiger partial charge in [0.25, 0.3) is 5.91 Å². The highest BCUT2D eigenvalue weighted by Gasteiger charge is 2.55. The first-order chi connectivity index (χ1) is 17.7. The lowest BCUT2D eigenvalue weighted by atomic mass is 9.71. The molecule has 4 heteroatoms. The summed E-state index contributed by atoms with van der Waals surface area (Å²) in [5, 5.41) is 3.11. The Bertz CT molecular complexity index is 1360. The van der Waals surface area contributed by atoms with Crippen molar-refractivity contribution < 1.29 is 9.59 Å². The average Bonchev–Trinajstić information content (AvgIpc) is 3.17. The van der Waals surface area contributed by atoms with Crippen LogP contribution < -0.4 is 5.32 Å². The van der Waals surface area contributed by atoms with Crippen LogP contribution in [0.5, 0.6) is 0 Å². The van der Waals surface area contributed by atoms with Crippen molar-refractivity contribution in [1.29, 1.82) is 0 Å². The second-order valence-electron chi connectivity index (χ2n) is 9.72. The average molecular weight is 473 g/mol. The van der Waals surface area contributed by atoms with Crippen LogP contribution in [0.1, 0.15) is 29.2 Å². The van der Waals surface area contributed by atoms with Gasteiger partial charge < -0.3 is 10.2 Å². The molecule has 3 aliphatic carbocycles. The van der Waals surface area contributed by atoms with Gasteiger partial charge in [0.1, 0.15) is 11.6 Å². The molecule has 3 aromatic rings. The van der Waals surface area contributed by atoms with Crippen LogP contribution >= 0.6 is 0 Å². The van der Waals surface area contributed by atoms with Crippen molar-refractivity contribution in [1.82, 2.24) is 10.2 Å². The smallest absolute Gasteiger partial charge is 0.252 e. The van der Waals surface area contributed by atoms with E-state index >= 15 is 0 Å². The summed E-state index contributed by atoms with van der Waals surface area (Å²) >= 11 is 0. The number of carbonyl (C=O) groups excluding carboxylic acids is 2. The van der Waals surface area contributed by atoms with Crippen molar-refractivity contribution in [2.75, 3.05) is 0 Å². The monoisotopic (exact) mass is 472 g/mol. The minimum atomic E-state index is -0.755. The van der Waals surface area contributed by atoms with Gasteiger partial charge in [-0.25, -0.2) is 0 Å². The van der Waals surface area contributed by atoms with Gasteiger partial charge in [0, 0.05) is 18.5 Å². The summed E-state index contributed by atoms with van der Waals surface area (Å²) in [5.41, 5.74) is 4.16. The fourth-order valence-corrected chi connectivity index (χ4v) is 5.76. The maximum Gasteiger partial charge on any atom is 0.252 e. The predicted molar refractivity (Wildman–Crippen MR) is 141 cm³/mol. The summed E-state index contributed by atoms with van der Waals surface area (Å²) in [6.45, 7) is 0.406. The van der Waals surface area contributed by atoms with Gasteiger partial charge in [-0.2, -0.15) is 0 Å². The van der Waals surface area contributed by atoms with E-state index in [0.717, 1.165) is 34.3 Å². The fraction of sp³-hybridized carbons (Fsp3) is 0.188. The Kier molecular flexibility index (Phi) is 5.65. The minimum absolute atomic E-state index is 0.0607. The third-order valence-corrected chi connectivity index (χ3v) is 7.51. The van der Waals surface area contributed by atoms with E-state index in [9.17, 15) is 9.59 Å². The molecule has 1 N–H and O–H groups in total. The molecular weight excluding hydrogens is 444 g/mol. The molecule has 2 bridgehead atoms. The molecule has 0 fully saturated rings. The number of allylic oxidation sites excluding steroid dienone is 2. The van der Waals surface area contributed by atoms with Gasteiger partial charge in [-0.15, -0.1) is 0 Å². The third kappa shape index (κ3) is 3.79. The topological polar surface area (TPSA) is 49.4 Å². The number of nitrogens with zero attached hydrogens (tertiary/aromatic N) is 1. The van der Waals surface area contributed by atoms with Crippen molar-refractivity contribution in [2.24, 2.45) is 5.92 Å². The first-order valence-electron chi connectivity index (χ1n) is 12.5. The van der Waals surface area contributed by atoms with Crippen molar-refractivity contribution in [2.45, 2.75) is 31.0 Å².